The molecule has 9 amide bonds. The quantitative estimate of drug-likeness (QED) is 0.0322. The van der Waals surface area contributed by atoms with Crippen LogP contribution in [0.25, 0.3) is 0 Å². The minimum absolute atomic E-state index is 0.00199. The van der Waals surface area contributed by atoms with Gasteiger partial charge in [0.25, 0.3) is 0 Å². The molecule has 1 aliphatic rings. The fourth-order valence-corrected chi connectivity index (χ4v) is 9.14. The zero-order valence-electron chi connectivity index (χ0n) is 51.2. The Morgan fingerprint density at radius 3 is 1.72 bits per heavy atom. The van der Waals surface area contributed by atoms with Gasteiger partial charge in [0.2, 0.25) is 53.2 Å². The number of aliphatic hydroxyl groups is 1. The van der Waals surface area contributed by atoms with Crippen LogP contribution in [0.15, 0.2) is 17.6 Å². The Morgan fingerprint density at radius 1 is 0.602 bits per heavy atom. The lowest BCUT2D eigenvalue weighted by Gasteiger charge is -2.27. The largest absolute Gasteiger partial charge is 0.480 e. The number of carbonyl (C=O) groups is 11. The predicted octanol–water partition coefficient (Wildman–Crippen LogP) is -1.75. The van der Waals surface area contributed by atoms with E-state index in [0.717, 1.165) is 37.9 Å². The minimum Gasteiger partial charge on any atom is -0.480 e. The maximum Gasteiger partial charge on any atom is 0.317 e. The third kappa shape index (κ3) is 37.2. The van der Waals surface area contributed by atoms with E-state index in [9.17, 15) is 68.1 Å². The zero-order chi connectivity index (χ0) is 64.7. The van der Waals surface area contributed by atoms with Crippen LogP contribution in [0.2, 0.25) is 0 Å². The van der Waals surface area contributed by atoms with Gasteiger partial charge in [-0.3, -0.25) is 63.1 Å². The maximum absolute atomic E-state index is 14.2. The molecule has 0 fully saturated rings. The number of nitrogens with zero attached hydrogens (tertiary/aromatic N) is 3. The van der Waals surface area contributed by atoms with Gasteiger partial charge in [0.05, 0.1) is 52.4 Å². The number of carbonyl (C=O) groups excluding carboxylic acids is 9. The summed E-state index contributed by atoms with van der Waals surface area (Å²) in [6, 6.07) is -7.17. The molecule has 17 N–H and O–H groups in total. The molecular formula is C56H98N16O16. The second kappa shape index (κ2) is 47.5. The number of hydrogen-bond donors (Lipinski definition) is 16. The number of hydrazine groups is 2. The van der Waals surface area contributed by atoms with Crippen molar-refractivity contribution >= 4 is 70.9 Å². The summed E-state index contributed by atoms with van der Waals surface area (Å²) >= 11 is 0. The van der Waals surface area contributed by atoms with Crippen LogP contribution in [0.4, 0.5) is 0 Å². The van der Waals surface area contributed by atoms with Gasteiger partial charge in [0.15, 0.2) is 0 Å². The van der Waals surface area contributed by atoms with Gasteiger partial charge in [-0.15, -0.1) is 10.6 Å². The number of nitrogens with one attached hydrogen (secondary N) is 12. The molecule has 2 heterocycles. The molecule has 0 saturated heterocycles. The first-order chi connectivity index (χ1) is 42.3. The number of rotatable bonds is 54. The number of aliphatic carboxylic acids is 2. The van der Waals surface area contributed by atoms with Crippen LogP contribution in [-0.2, 0) is 68.6 Å². The molecule has 1 aromatic heterocycles. The highest BCUT2D eigenvalue weighted by molar-refractivity contribution is 5.97. The number of amides is 9. The number of hydrazone groups is 1. The number of carboxylic acid groups (broad SMARTS) is 2. The highest BCUT2D eigenvalue weighted by Crippen LogP contribution is 2.15. The normalized spacial score (nSPS) is 13.5. The zero-order valence-corrected chi connectivity index (χ0v) is 51.2. The number of nitrogens with two attached hydrogens (primary N) is 1. The minimum atomic E-state index is -1.68. The first kappa shape index (κ1) is 76.5. The molecule has 1 aliphatic heterocycles. The monoisotopic (exact) mass is 1250 g/mol. The van der Waals surface area contributed by atoms with Gasteiger partial charge >= 0.3 is 11.9 Å². The summed E-state index contributed by atoms with van der Waals surface area (Å²) in [7, 11) is 1.39. The second-order valence-electron chi connectivity index (χ2n) is 21.4. The molecule has 32 heteroatoms. The van der Waals surface area contributed by atoms with E-state index in [-0.39, 0.29) is 64.4 Å². The highest BCUT2D eigenvalue weighted by Gasteiger charge is 2.33. The molecule has 5 atom stereocenters. The Morgan fingerprint density at radius 2 is 1.16 bits per heavy atom. The van der Waals surface area contributed by atoms with Crippen LogP contribution in [0.3, 0.4) is 0 Å². The van der Waals surface area contributed by atoms with Crippen molar-refractivity contribution in [3.8, 4) is 0 Å². The molecule has 0 aromatic carbocycles. The van der Waals surface area contributed by atoms with Crippen molar-refractivity contribution in [1.29, 1.82) is 0 Å². The summed E-state index contributed by atoms with van der Waals surface area (Å²) in [5, 5.41) is 52.8. The maximum atomic E-state index is 14.2. The van der Waals surface area contributed by atoms with Gasteiger partial charge < -0.3 is 78.0 Å². The first-order valence-electron chi connectivity index (χ1n) is 30.6. The summed E-state index contributed by atoms with van der Waals surface area (Å²) in [5.74, 6) is -8.41. The van der Waals surface area contributed by atoms with Gasteiger partial charge in [0, 0.05) is 51.2 Å². The number of primary amides is 1. The molecule has 1 aromatic rings. The number of aromatic amines is 1. The molecule has 0 radical (unpaired) electrons. The fourth-order valence-electron chi connectivity index (χ4n) is 9.14. The van der Waals surface area contributed by atoms with Crippen LogP contribution in [0.1, 0.15) is 160 Å². The number of aliphatic hydroxyl groups excluding tert-OH is 1. The molecule has 5 unspecified atom stereocenters. The molecular weight excluding hydrogens is 1150 g/mol. The van der Waals surface area contributed by atoms with Crippen molar-refractivity contribution in [1.82, 2.24) is 73.9 Å². The van der Waals surface area contributed by atoms with Crippen molar-refractivity contribution in [2.45, 2.75) is 191 Å². The molecule has 0 saturated carbocycles. The van der Waals surface area contributed by atoms with Crippen LogP contribution in [0, 0.1) is 0 Å². The summed E-state index contributed by atoms with van der Waals surface area (Å²) in [4.78, 5) is 149. The lowest BCUT2D eigenvalue weighted by molar-refractivity contribution is -0.142. The van der Waals surface area contributed by atoms with Crippen LogP contribution < -0.4 is 64.8 Å². The van der Waals surface area contributed by atoms with Crippen LogP contribution >= 0.6 is 0 Å². The number of amidine groups is 1. The molecule has 0 aliphatic carbocycles. The number of unbranched alkanes of at least 4 members (excludes halogenated alkanes) is 14. The predicted molar refractivity (Wildman–Crippen MR) is 320 cm³/mol. The number of aromatic nitrogens is 2. The number of H-pyrrole nitrogens is 1. The highest BCUT2D eigenvalue weighted by atomic mass is 16.5. The lowest BCUT2D eigenvalue weighted by Crippen LogP contribution is -2.60. The molecule has 88 heavy (non-hydrogen) atoms. The molecule has 0 spiro atoms. The molecule has 32 nitrogen and oxygen atoms in total. The van der Waals surface area contributed by atoms with Crippen LogP contribution in [0.5, 0.6) is 0 Å². The topological polar surface area (TPSA) is 470 Å². The average Bonchev–Trinajstić information content (AvgIpc) is 4.33. The van der Waals surface area contributed by atoms with E-state index >= 15 is 0 Å². The van der Waals surface area contributed by atoms with Gasteiger partial charge in [-0.05, 0) is 51.5 Å². The molecule has 0 bridgehead atoms. The Bertz CT molecular complexity index is 2280. The lowest BCUT2D eigenvalue weighted by atomic mass is 10.0. The average molecular weight is 1250 g/mol. The SMILES string of the molecule is CCCCC(NC(=O)C(CCCCN(CC(=O)O)CC(=O)O)NC(=O)C(Cc1cnc[nH]1)NC(=O)C(CCC(N)=O)NC(=O)C(CO)NC(=O)CNC(=O)COCCOCCNC(=O)CCCCCCCCCCCCCCCC1=NNNN1)C(=O)NC. The Kier molecular flexibility index (Phi) is 41.3. The van der Waals surface area contributed by atoms with E-state index in [1.165, 1.54) is 82.3 Å². The summed E-state index contributed by atoms with van der Waals surface area (Å²) in [5.41, 5.74) is 14.1. The Labute approximate surface area is 514 Å². The number of likely N-dealkylation sites (N-methyl/N-ethyl adjacent to an activating group) is 1. The van der Waals surface area contributed by atoms with E-state index in [0.29, 0.717) is 31.5 Å². The van der Waals surface area contributed by atoms with Gasteiger partial charge in [-0.1, -0.05) is 90.4 Å². The fraction of sp³-hybridized carbons (Fsp3) is 0.732. The number of imidazole rings is 1. The van der Waals surface area contributed by atoms with E-state index in [2.05, 4.69) is 74.1 Å². The second-order valence-corrected chi connectivity index (χ2v) is 21.4. The standard InChI is InChI=1S/C56H98N16O16/c1-3-4-20-40(52(82)58-2)64-53(83)41(21-18-19-27-72(34-50(78)79)35-51(80)81)65-55(85)43(31-39-32-59-38-62-39)67-54(84)42(24-25-45(57)74)66-56(86)44(36-73)63-48(76)33-61-49(77)37-88-30-29-87-28-26-60-47(75)23-17-15-13-11-9-7-5-6-8-10-12-14-16-22-46-68-70-71-69-46/h32,38,40-44,70-71,73H,3-31,33-37H2,1-2H3,(H2,57,74)(H,58,82)(H,59,62)(H,60,75)(H,61,77)(H,63,76)(H,64,83)(H,65,85)(H,66,86)(H,67,84)(H,68,69)(H,78,79)(H,80,81). The molecule has 2 rings (SSSR count). The van der Waals surface area contributed by atoms with Crippen molar-refractivity contribution < 1.29 is 77.5 Å². The smallest absolute Gasteiger partial charge is 0.317 e. The van der Waals surface area contributed by atoms with E-state index in [1.54, 1.807) is 0 Å². The van der Waals surface area contributed by atoms with Crippen molar-refractivity contribution in [2.24, 2.45) is 10.8 Å². The van der Waals surface area contributed by atoms with Gasteiger partial charge in [0.1, 0.15) is 42.7 Å². The van der Waals surface area contributed by atoms with Crippen molar-refractivity contribution in [3.63, 3.8) is 0 Å². The van der Waals surface area contributed by atoms with Crippen LogP contribution in [-0.4, -0.2) is 204 Å². The van der Waals surface area contributed by atoms with E-state index in [1.807, 2.05) is 6.92 Å². The summed E-state index contributed by atoms with van der Waals surface area (Å²) in [6.07, 6.45) is 20.0. The molecule has 498 valence electrons. The summed E-state index contributed by atoms with van der Waals surface area (Å²) < 4.78 is 10.8. The van der Waals surface area contributed by atoms with E-state index < -0.39 is 135 Å². The third-order valence-corrected chi connectivity index (χ3v) is 13.9. The summed E-state index contributed by atoms with van der Waals surface area (Å²) in [6.45, 7) is -0.627. The number of carboxylic acids is 2. The Balaban J connectivity index is 1.83. The van der Waals surface area contributed by atoms with E-state index in [4.69, 9.17) is 15.2 Å². The van der Waals surface area contributed by atoms with Crippen molar-refractivity contribution in [2.75, 3.05) is 72.8 Å². The first-order valence-corrected chi connectivity index (χ1v) is 30.6. The Hall–Kier alpha value is -7.55. The number of ether oxygens (including phenoxy) is 2. The number of hydrogen-bond acceptors (Lipinski definition) is 20. The van der Waals surface area contributed by atoms with Crippen molar-refractivity contribution in [3.05, 3.63) is 18.2 Å². The van der Waals surface area contributed by atoms with Gasteiger partial charge in [-0.25, -0.2) is 10.5 Å². The third-order valence-electron chi connectivity index (χ3n) is 13.9. The van der Waals surface area contributed by atoms with Gasteiger partial charge in [-0.2, -0.15) is 0 Å².